The molecule has 3 heteroatoms. The average Bonchev–Trinajstić information content (AvgIpc) is 2.32. The number of nitrogen functional groups attached to an aromatic ring is 1. The molecular weight excluding hydrogens is 215 g/mol. The summed E-state index contributed by atoms with van der Waals surface area (Å²) in [6, 6.07) is 5.31. The van der Waals surface area contributed by atoms with Gasteiger partial charge < -0.3 is 11.1 Å². The molecule has 3 N–H and O–H groups in total. The Hall–Kier alpha value is -1.25. The Balaban J connectivity index is 2.67. The van der Waals surface area contributed by atoms with E-state index < -0.39 is 0 Å². The number of rotatable bonds is 7. The molecule has 0 radical (unpaired) electrons. The number of hydrogen-bond donors (Lipinski definition) is 2. The van der Waals surface area contributed by atoms with Crippen LogP contribution in [0.5, 0.6) is 0 Å². The third-order valence-electron chi connectivity index (χ3n) is 2.96. The number of benzene rings is 1. The first-order valence-corrected chi connectivity index (χ1v) is 6.49. The summed E-state index contributed by atoms with van der Waals surface area (Å²) in [5, 5.41) is 3.36. The van der Waals surface area contributed by atoms with Gasteiger partial charge in [0.05, 0.1) is 11.4 Å². The van der Waals surface area contributed by atoms with E-state index in [9.17, 15) is 4.39 Å². The van der Waals surface area contributed by atoms with Crippen LogP contribution in [0, 0.1) is 5.82 Å². The molecule has 0 aromatic heterocycles. The zero-order chi connectivity index (χ0) is 12.7. The Morgan fingerprint density at radius 2 is 2.00 bits per heavy atom. The lowest BCUT2D eigenvalue weighted by atomic mass is 10.0. The highest BCUT2D eigenvalue weighted by Crippen LogP contribution is 2.23. The average molecular weight is 238 g/mol. The minimum Gasteiger partial charge on any atom is -0.395 e. The van der Waals surface area contributed by atoms with Crippen molar-refractivity contribution in [3.8, 4) is 0 Å². The monoisotopic (exact) mass is 238 g/mol. The molecule has 1 unspecified atom stereocenters. The van der Waals surface area contributed by atoms with E-state index in [0.29, 0.717) is 6.04 Å². The number of unbranched alkanes of at least 4 members (excludes halogenated alkanes) is 1. The molecule has 0 fully saturated rings. The molecule has 2 nitrogen and oxygen atoms in total. The van der Waals surface area contributed by atoms with Crippen molar-refractivity contribution in [2.75, 3.05) is 11.1 Å². The number of nitrogens with one attached hydrogen (secondary N) is 1. The molecule has 1 aromatic carbocycles. The number of halogens is 1. The van der Waals surface area contributed by atoms with Gasteiger partial charge in [0.25, 0.3) is 0 Å². The van der Waals surface area contributed by atoms with Crippen LogP contribution in [0.1, 0.15) is 46.0 Å². The van der Waals surface area contributed by atoms with E-state index in [0.717, 1.165) is 24.9 Å². The number of anilines is 2. The van der Waals surface area contributed by atoms with Gasteiger partial charge >= 0.3 is 0 Å². The minimum atomic E-state index is -0.347. The summed E-state index contributed by atoms with van der Waals surface area (Å²) < 4.78 is 13.3. The van der Waals surface area contributed by atoms with Crippen LogP contribution < -0.4 is 11.1 Å². The minimum absolute atomic E-state index is 0.227. The van der Waals surface area contributed by atoms with Crippen LogP contribution in [0.15, 0.2) is 18.2 Å². The van der Waals surface area contributed by atoms with Crippen LogP contribution >= 0.6 is 0 Å². The van der Waals surface area contributed by atoms with Gasteiger partial charge in [-0.05, 0) is 25.0 Å². The molecule has 0 spiro atoms. The maximum atomic E-state index is 13.3. The SMILES string of the molecule is CCCCC(CCC)Nc1cccc(F)c1N. The summed E-state index contributed by atoms with van der Waals surface area (Å²) in [7, 11) is 0. The van der Waals surface area contributed by atoms with Crippen molar-refractivity contribution in [2.24, 2.45) is 0 Å². The van der Waals surface area contributed by atoms with Crippen molar-refractivity contribution >= 4 is 11.4 Å². The van der Waals surface area contributed by atoms with Crippen LogP contribution in [0.25, 0.3) is 0 Å². The molecule has 0 aliphatic heterocycles. The van der Waals surface area contributed by atoms with Crippen molar-refractivity contribution in [1.82, 2.24) is 0 Å². The van der Waals surface area contributed by atoms with Crippen LogP contribution in [-0.2, 0) is 0 Å². The first-order valence-electron chi connectivity index (χ1n) is 6.49. The van der Waals surface area contributed by atoms with Gasteiger partial charge in [-0.15, -0.1) is 0 Å². The lowest BCUT2D eigenvalue weighted by Crippen LogP contribution is -2.20. The molecular formula is C14H23FN2. The Labute approximate surface area is 103 Å². The second-order valence-electron chi connectivity index (χ2n) is 4.47. The maximum Gasteiger partial charge on any atom is 0.148 e. The van der Waals surface area contributed by atoms with Gasteiger partial charge in [0, 0.05) is 6.04 Å². The molecule has 0 heterocycles. The van der Waals surface area contributed by atoms with E-state index in [2.05, 4.69) is 19.2 Å². The van der Waals surface area contributed by atoms with E-state index in [1.165, 1.54) is 18.9 Å². The zero-order valence-corrected chi connectivity index (χ0v) is 10.8. The Morgan fingerprint density at radius 1 is 1.24 bits per heavy atom. The van der Waals surface area contributed by atoms with Gasteiger partial charge in [-0.25, -0.2) is 4.39 Å². The Kier molecular flexibility index (Phi) is 5.81. The van der Waals surface area contributed by atoms with E-state index in [-0.39, 0.29) is 11.5 Å². The molecule has 0 bridgehead atoms. The summed E-state index contributed by atoms with van der Waals surface area (Å²) in [5.41, 5.74) is 6.67. The summed E-state index contributed by atoms with van der Waals surface area (Å²) in [5.74, 6) is -0.347. The lowest BCUT2D eigenvalue weighted by Gasteiger charge is -2.20. The van der Waals surface area contributed by atoms with Gasteiger partial charge in [-0.3, -0.25) is 0 Å². The topological polar surface area (TPSA) is 38.0 Å². The molecule has 1 aromatic rings. The van der Waals surface area contributed by atoms with Crippen molar-refractivity contribution < 1.29 is 4.39 Å². The molecule has 0 aliphatic rings. The third-order valence-corrected chi connectivity index (χ3v) is 2.96. The van der Waals surface area contributed by atoms with Crippen molar-refractivity contribution in [2.45, 2.75) is 52.0 Å². The number of nitrogens with two attached hydrogens (primary N) is 1. The summed E-state index contributed by atoms with van der Waals surface area (Å²) >= 11 is 0. The van der Waals surface area contributed by atoms with Crippen LogP contribution in [-0.4, -0.2) is 6.04 Å². The quantitative estimate of drug-likeness (QED) is 0.699. The number of hydrogen-bond acceptors (Lipinski definition) is 2. The van der Waals surface area contributed by atoms with E-state index in [1.807, 2.05) is 6.07 Å². The molecule has 0 aliphatic carbocycles. The van der Waals surface area contributed by atoms with Gasteiger partial charge in [0.1, 0.15) is 5.82 Å². The summed E-state index contributed by atoms with van der Waals surface area (Å²) in [6.07, 6.45) is 5.69. The van der Waals surface area contributed by atoms with Gasteiger partial charge in [0.15, 0.2) is 0 Å². The van der Waals surface area contributed by atoms with Crippen LogP contribution in [0.4, 0.5) is 15.8 Å². The van der Waals surface area contributed by atoms with E-state index in [4.69, 9.17) is 5.73 Å². The van der Waals surface area contributed by atoms with E-state index in [1.54, 1.807) is 6.07 Å². The molecule has 0 saturated carbocycles. The number of para-hydroxylation sites is 1. The summed E-state index contributed by atoms with van der Waals surface area (Å²) in [4.78, 5) is 0. The van der Waals surface area contributed by atoms with Crippen molar-refractivity contribution in [1.29, 1.82) is 0 Å². The van der Waals surface area contributed by atoms with Crippen molar-refractivity contribution in [3.05, 3.63) is 24.0 Å². The standard InChI is InChI=1S/C14H23FN2/c1-3-5-8-11(7-4-2)17-13-10-6-9-12(15)14(13)16/h6,9-11,17H,3-5,7-8,16H2,1-2H3. The molecule has 1 rings (SSSR count). The van der Waals surface area contributed by atoms with Crippen LogP contribution in [0.3, 0.4) is 0 Å². The second kappa shape index (κ2) is 7.15. The smallest absolute Gasteiger partial charge is 0.148 e. The zero-order valence-electron chi connectivity index (χ0n) is 10.8. The van der Waals surface area contributed by atoms with Gasteiger partial charge in [-0.1, -0.05) is 39.2 Å². The fraction of sp³-hybridized carbons (Fsp3) is 0.571. The fourth-order valence-electron chi connectivity index (χ4n) is 1.97. The summed E-state index contributed by atoms with van der Waals surface area (Å²) in [6.45, 7) is 4.34. The maximum absolute atomic E-state index is 13.3. The predicted molar refractivity (Wildman–Crippen MR) is 72.7 cm³/mol. The highest BCUT2D eigenvalue weighted by atomic mass is 19.1. The molecule has 0 saturated heterocycles. The molecule has 96 valence electrons. The second-order valence-corrected chi connectivity index (χ2v) is 4.47. The largest absolute Gasteiger partial charge is 0.395 e. The predicted octanol–water partition coefficient (Wildman–Crippen LogP) is 4.18. The third kappa shape index (κ3) is 4.25. The molecule has 0 amide bonds. The van der Waals surface area contributed by atoms with Gasteiger partial charge in [-0.2, -0.15) is 0 Å². The first kappa shape index (κ1) is 13.8. The van der Waals surface area contributed by atoms with E-state index >= 15 is 0 Å². The molecule has 17 heavy (non-hydrogen) atoms. The normalized spacial score (nSPS) is 12.4. The fourth-order valence-corrected chi connectivity index (χ4v) is 1.97. The first-order chi connectivity index (χ1) is 8.19. The Morgan fingerprint density at radius 3 is 2.65 bits per heavy atom. The van der Waals surface area contributed by atoms with Gasteiger partial charge in [0.2, 0.25) is 0 Å². The lowest BCUT2D eigenvalue weighted by molar-refractivity contribution is 0.564. The highest BCUT2D eigenvalue weighted by Gasteiger charge is 2.10. The van der Waals surface area contributed by atoms with Crippen LogP contribution in [0.2, 0.25) is 0 Å². The Bertz CT molecular complexity index is 339. The molecule has 1 atom stereocenters. The van der Waals surface area contributed by atoms with Crippen molar-refractivity contribution in [3.63, 3.8) is 0 Å². The highest BCUT2D eigenvalue weighted by molar-refractivity contribution is 5.66.